The molecule has 0 radical (unpaired) electrons. The van der Waals surface area contributed by atoms with Crippen LogP contribution in [0.4, 0.5) is 5.13 Å². The fourth-order valence-corrected chi connectivity index (χ4v) is 4.13. The fraction of sp³-hybridized carbons (Fsp3) is 0.182. The Morgan fingerprint density at radius 2 is 1.82 bits per heavy atom. The van der Waals surface area contributed by atoms with Crippen molar-refractivity contribution in [1.82, 2.24) is 9.36 Å². The number of sulfone groups is 1. The van der Waals surface area contributed by atoms with Crippen LogP contribution in [0.15, 0.2) is 53.2 Å². The summed E-state index contributed by atoms with van der Waals surface area (Å²) in [5.41, 5.74) is 1.34. The number of nitrogens with zero attached hydrogens (tertiary/aromatic N) is 3. The number of halogens is 1. The SMILES string of the molecule is Cc1cc(OCCOc2ccc(C=C(C#N)C(=O)Nc3nc(S(C)(=O)=O)ns3)cc2)ccc1Cl. The summed E-state index contributed by atoms with van der Waals surface area (Å²) in [6.45, 7) is 2.56. The zero-order valence-corrected chi connectivity index (χ0v) is 20.5. The summed E-state index contributed by atoms with van der Waals surface area (Å²) < 4.78 is 37.8. The van der Waals surface area contributed by atoms with Gasteiger partial charge in [-0.3, -0.25) is 10.1 Å². The van der Waals surface area contributed by atoms with Gasteiger partial charge in [-0.05, 0) is 54.5 Å². The number of nitriles is 1. The molecule has 0 unspecified atom stereocenters. The predicted molar refractivity (Wildman–Crippen MR) is 129 cm³/mol. The van der Waals surface area contributed by atoms with Crippen molar-refractivity contribution in [1.29, 1.82) is 5.26 Å². The van der Waals surface area contributed by atoms with Gasteiger partial charge in [0.05, 0.1) is 0 Å². The van der Waals surface area contributed by atoms with Gasteiger partial charge in [0.2, 0.25) is 15.0 Å². The lowest BCUT2D eigenvalue weighted by molar-refractivity contribution is -0.112. The number of hydrogen-bond donors (Lipinski definition) is 1. The van der Waals surface area contributed by atoms with E-state index in [2.05, 4.69) is 14.7 Å². The van der Waals surface area contributed by atoms with E-state index < -0.39 is 15.7 Å². The highest BCUT2D eigenvalue weighted by atomic mass is 35.5. The number of aromatic nitrogens is 2. The van der Waals surface area contributed by atoms with Crippen molar-refractivity contribution < 1.29 is 22.7 Å². The number of carbonyl (C=O) groups is 1. The van der Waals surface area contributed by atoms with E-state index in [9.17, 15) is 18.5 Å². The lowest BCUT2D eigenvalue weighted by atomic mass is 10.1. The van der Waals surface area contributed by atoms with Crippen molar-refractivity contribution in [2.24, 2.45) is 0 Å². The predicted octanol–water partition coefficient (Wildman–Crippen LogP) is 3.91. The van der Waals surface area contributed by atoms with Crippen LogP contribution in [-0.2, 0) is 14.6 Å². The van der Waals surface area contributed by atoms with E-state index >= 15 is 0 Å². The largest absolute Gasteiger partial charge is 0.490 e. The first-order chi connectivity index (χ1) is 16.2. The van der Waals surface area contributed by atoms with Crippen LogP contribution >= 0.6 is 23.1 Å². The van der Waals surface area contributed by atoms with Crippen LogP contribution < -0.4 is 14.8 Å². The van der Waals surface area contributed by atoms with Gasteiger partial charge in [0.15, 0.2) is 0 Å². The summed E-state index contributed by atoms with van der Waals surface area (Å²) in [7, 11) is -3.59. The molecule has 9 nitrogen and oxygen atoms in total. The molecule has 176 valence electrons. The molecule has 3 aromatic rings. The molecule has 1 aromatic heterocycles. The van der Waals surface area contributed by atoms with E-state index in [0.29, 0.717) is 46.8 Å². The number of carbonyl (C=O) groups excluding carboxylic acids is 1. The highest BCUT2D eigenvalue weighted by molar-refractivity contribution is 7.90. The van der Waals surface area contributed by atoms with Gasteiger partial charge in [-0.15, -0.1) is 0 Å². The molecule has 0 aliphatic rings. The third kappa shape index (κ3) is 7.02. The Labute approximate surface area is 205 Å². The van der Waals surface area contributed by atoms with Crippen molar-refractivity contribution in [2.75, 3.05) is 24.8 Å². The number of nitrogens with one attached hydrogen (secondary N) is 1. The van der Waals surface area contributed by atoms with E-state index in [1.165, 1.54) is 6.08 Å². The van der Waals surface area contributed by atoms with E-state index in [-0.39, 0.29) is 15.9 Å². The Morgan fingerprint density at radius 1 is 1.18 bits per heavy atom. The minimum atomic E-state index is -3.59. The monoisotopic (exact) mass is 518 g/mol. The van der Waals surface area contributed by atoms with Gasteiger partial charge in [0.1, 0.15) is 36.4 Å². The third-order valence-electron chi connectivity index (χ3n) is 4.27. The number of hydrogen-bond acceptors (Lipinski definition) is 9. The van der Waals surface area contributed by atoms with Crippen molar-refractivity contribution in [3.05, 3.63) is 64.2 Å². The Balaban J connectivity index is 1.54. The van der Waals surface area contributed by atoms with Gasteiger partial charge in [-0.2, -0.15) is 14.6 Å². The Morgan fingerprint density at radius 3 is 2.41 bits per heavy atom. The molecule has 1 heterocycles. The van der Waals surface area contributed by atoms with Crippen molar-refractivity contribution in [3.8, 4) is 17.6 Å². The highest BCUT2D eigenvalue weighted by Gasteiger charge is 2.17. The maximum atomic E-state index is 12.3. The summed E-state index contributed by atoms with van der Waals surface area (Å²) in [5.74, 6) is 0.570. The van der Waals surface area contributed by atoms with Crippen LogP contribution in [0.3, 0.4) is 0 Å². The van der Waals surface area contributed by atoms with Crippen LogP contribution in [0, 0.1) is 18.3 Å². The standard InChI is InChI=1S/C22H19ClN4O5S2/c1-14-11-18(7-8-19(14)23)32-10-9-31-17-5-3-15(4-6-17)12-16(13-24)20(28)25-21-26-22(27-33-21)34(2,29)30/h3-8,11-12H,9-10H2,1-2H3,(H,25,26,27,28). The lowest BCUT2D eigenvalue weighted by Gasteiger charge is -2.09. The lowest BCUT2D eigenvalue weighted by Crippen LogP contribution is -2.13. The molecule has 3 rings (SSSR count). The van der Waals surface area contributed by atoms with E-state index in [0.717, 1.165) is 11.8 Å². The average molecular weight is 519 g/mol. The molecule has 0 bridgehead atoms. The molecule has 2 aromatic carbocycles. The number of rotatable bonds is 9. The van der Waals surface area contributed by atoms with Crippen molar-refractivity contribution >= 4 is 50.1 Å². The third-order valence-corrected chi connectivity index (χ3v) is 6.28. The molecule has 0 atom stereocenters. The smallest absolute Gasteiger partial charge is 0.268 e. The second kappa shape index (κ2) is 11.1. The summed E-state index contributed by atoms with van der Waals surface area (Å²) >= 11 is 6.70. The second-order valence-corrected chi connectivity index (χ2v) is 10.0. The van der Waals surface area contributed by atoms with Crippen LogP contribution in [-0.4, -0.2) is 43.2 Å². The topological polar surface area (TPSA) is 131 Å². The van der Waals surface area contributed by atoms with Crippen molar-refractivity contribution in [2.45, 2.75) is 12.1 Å². The fourth-order valence-electron chi connectivity index (χ4n) is 2.58. The molecule has 0 aliphatic heterocycles. The Kier molecular flexibility index (Phi) is 8.22. The maximum Gasteiger partial charge on any atom is 0.268 e. The molecule has 0 saturated heterocycles. The van der Waals surface area contributed by atoms with Crippen LogP contribution in [0.2, 0.25) is 5.02 Å². The quantitative estimate of drug-likeness (QED) is 0.256. The first-order valence-corrected chi connectivity index (χ1v) is 12.8. The molecule has 1 amide bonds. The van der Waals surface area contributed by atoms with E-state index in [1.54, 1.807) is 36.4 Å². The average Bonchev–Trinajstić information content (AvgIpc) is 3.27. The minimum Gasteiger partial charge on any atom is -0.490 e. The summed E-state index contributed by atoms with van der Waals surface area (Å²) in [5, 5.41) is 12.0. The van der Waals surface area contributed by atoms with Crippen LogP contribution in [0.5, 0.6) is 11.5 Å². The molecule has 0 aliphatic carbocycles. The molecular formula is C22H19ClN4O5S2. The summed E-state index contributed by atoms with van der Waals surface area (Å²) in [4.78, 5) is 16.1. The first kappa shape index (κ1) is 25.2. The Bertz CT molecular complexity index is 1360. The summed E-state index contributed by atoms with van der Waals surface area (Å²) in [6, 6.07) is 14.0. The molecular weight excluding hydrogens is 500 g/mol. The zero-order valence-electron chi connectivity index (χ0n) is 18.1. The van der Waals surface area contributed by atoms with Crippen molar-refractivity contribution in [3.63, 3.8) is 0 Å². The van der Waals surface area contributed by atoms with E-state index in [1.807, 2.05) is 19.1 Å². The van der Waals surface area contributed by atoms with E-state index in [4.69, 9.17) is 21.1 Å². The normalized spacial score (nSPS) is 11.5. The number of benzene rings is 2. The highest BCUT2D eigenvalue weighted by Crippen LogP contribution is 2.21. The second-order valence-electron chi connectivity index (χ2n) is 6.96. The van der Waals surface area contributed by atoms with Gasteiger partial charge in [0, 0.05) is 22.8 Å². The maximum absolute atomic E-state index is 12.3. The molecule has 12 heteroatoms. The number of anilines is 1. The molecule has 0 fully saturated rings. The van der Waals surface area contributed by atoms with Gasteiger partial charge < -0.3 is 9.47 Å². The molecule has 0 spiro atoms. The first-order valence-electron chi connectivity index (χ1n) is 9.74. The van der Waals surface area contributed by atoms with Gasteiger partial charge in [-0.25, -0.2) is 8.42 Å². The van der Waals surface area contributed by atoms with Crippen LogP contribution in [0.25, 0.3) is 6.08 Å². The van der Waals surface area contributed by atoms with Gasteiger partial charge in [-0.1, -0.05) is 23.7 Å². The minimum absolute atomic E-state index is 0.0219. The van der Waals surface area contributed by atoms with Gasteiger partial charge in [0.25, 0.3) is 11.1 Å². The molecule has 0 saturated carbocycles. The zero-order chi connectivity index (χ0) is 24.7. The number of aryl methyl sites for hydroxylation is 1. The Hall–Kier alpha value is -3.46. The molecule has 34 heavy (non-hydrogen) atoms. The number of amides is 1. The number of ether oxygens (including phenoxy) is 2. The molecule has 1 N–H and O–H groups in total. The van der Waals surface area contributed by atoms with Gasteiger partial charge >= 0.3 is 0 Å². The van der Waals surface area contributed by atoms with Crippen LogP contribution in [0.1, 0.15) is 11.1 Å². The summed E-state index contributed by atoms with van der Waals surface area (Å²) in [6.07, 6.45) is 2.35.